The first-order valence-electron chi connectivity index (χ1n) is 6.40. The summed E-state index contributed by atoms with van der Waals surface area (Å²) >= 11 is 0. The van der Waals surface area contributed by atoms with E-state index in [1.807, 2.05) is 0 Å². The molecule has 0 atom stereocenters. The van der Waals surface area contributed by atoms with Gasteiger partial charge in [-0.05, 0) is 12.1 Å². The molecule has 0 saturated carbocycles. The number of halogens is 3. The fourth-order valence-corrected chi connectivity index (χ4v) is 1.82. The molecule has 0 unspecified atom stereocenters. The third-order valence-corrected chi connectivity index (χ3v) is 2.97. The number of hydroxylamine groups is 2. The fraction of sp³-hybridized carbons (Fsp3) is 0.154. The van der Waals surface area contributed by atoms with Crippen molar-refractivity contribution >= 4 is 12.2 Å². The molecule has 2 aromatic rings. The molecular weight excluding hydrogens is 315 g/mol. The van der Waals surface area contributed by atoms with Crippen LogP contribution in [0.1, 0.15) is 5.56 Å². The molecule has 7 nitrogen and oxygen atoms in total. The standard InChI is InChI=1S/C13H10F3N5O2/c14-13(15,16)9-3-1-8(2-4-9)11-19-12(23-20-11)18-10-7-17-5-6-21(10)22/h1-5,7,22H,6H2,(H,18,19,20). The molecule has 0 radical (unpaired) electrons. The lowest BCUT2D eigenvalue weighted by Crippen LogP contribution is -2.27. The van der Waals surface area contributed by atoms with Crippen molar-refractivity contribution in [1.29, 1.82) is 0 Å². The van der Waals surface area contributed by atoms with Gasteiger partial charge in [-0.1, -0.05) is 17.3 Å². The van der Waals surface area contributed by atoms with Crippen molar-refractivity contribution in [2.45, 2.75) is 6.18 Å². The van der Waals surface area contributed by atoms with E-state index in [0.29, 0.717) is 5.56 Å². The number of rotatable bonds is 3. The predicted molar refractivity (Wildman–Crippen MR) is 73.4 cm³/mol. The van der Waals surface area contributed by atoms with Crippen molar-refractivity contribution < 1.29 is 22.9 Å². The topological polar surface area (TPSA) is 86.8 Å². The van der Waals surface area contributed by atoms with Gasteiger partial charge in [-0.15, -0.1) is 0 Å². The molecule has 1 aliphatic rings. The molecule has 0 aliphatic carbocycles. The van der Waals surface area contributed by atoms with Crippen LogP contribution < -0.4 is 5.32 Å². The number of hydrogen-bond donors (Lipinski definition) is 2. The Morgan fingerprint density at radius 1 is 1.22 bits per heavy atom. The quantitative estimate of drug-likeness (QED) is 0.902. The van der Waals surface area contributed by atoms with E-state index in [1.165, 1.54) is 24.5 Å². The van der Waals surface area contributed by atoms with E-state index in [4.69, 9.17) is 4.52 Å². The second kappa shape index (κ2) is 5.72. The van der Waals surface area contributed by atoms with Gasteiger partial charge in [0.15, 0.2) is 5.82 Å². The highest BCUT2D eigenvalue weighted by Crippen LogP contribution is 2.30. The van der Waals surface area contributed by atoms with Crippen molar-refractivity contribution in [2.24, 2.45) is 4.99 Å². The number of hydrogen-bond acceptors (Lipinski definition) is 7. The Kier molecular flexibility index (Phi) is 3.74. The number of alkyl halides is 3. The summed E-state index contributed by atoms with van der Waals surface area (Å²) < 4.78 is 42.5. The van der Waals surface area contributed by atoms with Gasteiger partial charge in [-0.25, -0.2) is 5.06 Å². The highest BCUT2D eigenvalue weighted by atomic mass is 19.4. The van der Waals surface area contributed by atoms with Crippen LogP contribution in [0.25, 0.3) is 11.4 Å². The lowest BCUT2D eigenvalue weighted by atomic mass is 10.1. The molecule has 23 heavy (non-hydrogen) atoms. The molecule has 2 N–H and O–H groups in total. The maximum atomic E-state index is 12.5. The molecule has 1 aromatic heterocycles. The molecule has 1 aliphatic heterocycles. The molecule has 10 heteroatoms. The van der Waals surface area contributed by atoms with Gasteiger partial charge in [0, 0.05) is 11.8 Å². The largest absolute Gasteiger partial charge is 0.416 e. The van der Waals surface area contributed by atoms with Crippen molar-refractivity contribution in [2.75, 3.05) is 11.9 Å². The normalized spacial score (nSPS) is 14.8. The molecule has 1 aromatic carbocycles. The van der Waals surface area contributed by atoms with Crippen LogP contribution in [0, 0.1) is 0 Å². The highest BCUT2D eigenvalue weighted by Gasteiger charge is 2.30. The molecule has 0 bridgehead atoms. The van der Waals surface area contributed by atoms with Crippen LogP contribution in [0.4, 0.5) is 19.2 Å². The van der Waals surface area contributed by atoms with Crippen LogP contribution in [-0.2, 0) is 6.18 Å². The molecule has 0 saturated heterocycles. The SMILES string of the molecule is ON1CC=NC=C1Nc1nc(-c2ccc(C(F)(F)F)cc2)no1. The zero-order valence-corrected chi connectivity index (χ0v) is 11.4. The average molecular weight is 325 g/mol. The van der Waals surface area contributed by atoms with Crippen LogP contribution in [0.3, 0.4) is 0 Å². The maximum absolute atomic E-state index is 12.5. The predicted octanol–water partition coefficient (Wildman–Crippen LogP) is 2.74. The van der Waals surface area contributed by atoms with Gasteiger partial charge < -0.3 is 4.52 Å². The van der Waals surface area contributed by atoms with E-state index in [1.54, 1.807) is 0 Å². The van der Waals surface area contributed by atoms with Gasteiger partial charge in [0.1, 0.15) is 0 Å². The van der Waals surface area contributed by atoms with Crippen LogP contribution >= 0.6 is 0 Å². The summed E-state index contributed by atoms with van der Waals surface area (Å²) in [5.74, 6) is 0.348. The zero-order valence-electron chi connectivity index (χ0n) is 11.4. The minimum absolute atomic E-state index is 0.0257. The van der Waals surface area contributed by atoms with E-state index in [9.17, 15) is 18.4 Å². The minimum Gasteiger partial charge on any atom is -0.315 e. The van der Waals surface area contributed by atoms with Gasteiger partial charge >= 0.3 is 12.2 Å². The highest BCUT2D eigenvalue weighted by molar-refractivity contribution is 5.62. The van der Waals surface area contributed by atoms with Crippen LogP contribution in [-0.4, -0.2) is 33.2 Å². The summed E-state index contributed by atoms with van der Waals surface area (Å²) in [6, 6.07) is 4.35. The monoisotopic (exact) mass is 325 g/mol. The summed E-state index contributed by atoms with van der Waals surface area (Å²) in [5.41, 5.74) is -0.393. The van der Waals surface area contributed by atoms with E-state index < -0.39 is 11.7 Å². The molecule has 120 valence electrons. The van der Waals surface area contributed by atoms with Gasteiger partial charge in [-0.2, -0.15) is 18.2 Å². The van der Waals surface area contributed by atoms with Crippen molar-refractivity contribution in [3.05, 3.63) is 41.8 Å². The van der Waals surface area contributed by atoms with E-state index in [-0.39, 0.29) is 24.2 Å². The third-order valence-electron chi connectivity index (χ3n) is 2.97. The Morgan fingerprint density at radius 3 is 2.61 bits per heavy atom. The lowest BCUT2D eigenvalue weighted by molar-refractivity contribution is -0.137. The molecule has 2 heterocycles. The van der Waals surface area contributed by atoms with Gasteiger partial charge in [0.25, 0.3) is 0 Å². The first-order valence-corrected chi connectivity index (χ1v) is 6.40. The number of nitrogens with one attached hydrogen (secondary N) is 1. The Balaban J connectivity index is 1.77. The van der Waals surface area contributed by atoms with Gasteiger partial charge in [-0.3, -0.25) is 15.5 Å². The molecule has 0 amide bonds. The Bertz CT molecular complexity index is 752. The van der Waals surface area contributed by atoms with E-state index in [2.05, 4.69) is 20.4 Å². The number of benzene rings is 1. The van der Waals surface area contributed by atoms with Gasteiger partial charge in [0.05, 0.1) is 18.3 Å². The van der Waals surface area contributed by atoms with Crippen molar-refractivity contribution in [3.63, 3.8) is 0 Å². The first-order chi connectivity index (χ1) is 10.9. The number of nitrogens with zero attached hydrogens (tertiary/aromatic N) is 4. The second-order valence-corrected chi connectivity index (χ2v) is 4.55. The van der Waals surface area contributed by atoms with Gasteiger partial charge in [0.2, 0.25) is 5.82 Å². The maximum Gasteiger partial charge on any atom is 0.416 e. The van der Waals surface area contributed by atoms with Crippen molar-refractivity contribution in [3.8, 4) is 11.4 Å². The molecule has 0 fully saturated rings. The smallest absolute Gasteiger partial charge is 0.315 e. The van der Waals surface area contributed by atoms with Crippen LogP contribution in [0.2, 0.25) is 0 Å². The fourth-order valence-electron chi connectivity index (χ4n) is 1.82. The average Bonchev–Trinajstić information content (AvgIpc) is 2.97. The summed E-state index contributed by atoms with van der Waals surface area (Å²) in [6.45, 7) is 0.193. The van der Waals surface area contributed by atoms with Crippen LogP contribution in [0.5, 0.6) is 0 Å². The second-order valence-electron chi connectivity index (χ2n) is 4.55. The first kappa shape index (κ1) is 15.0. The Hall–Kier alpha value is -2.88. The van der Waals surface area contributed by atoms with Crippen molar-refractivity contribution in [1.82, 2.24) is 15.2 Å². The number of aliphatic imine (C=N–C) groups is 1. The summed E-state index contributed by atoms with van der Waals surface area (Å²) in [5, 5.41) is 16.8. The Labute approximate surface area is 127 Å². The van der Waals surface area contributed by atoms with E-state index in [0.717, 1.165) is 17.2 Å². The lowest BCUT2D eigenvalue weighted by Gasteiger charge is -2.19. The summed E-state index contributed by atoms with van der Waals surface area (Å²) in [4.78, 5) is 7.86. The number of anilines is 1. The molecule has 0 spiro atoms. The summed E-state index contributed by atoms with van der Waals surface area (Å²) in [7, 11) is 0. The third kappa shape index (κ3) is 3.31. The summed E-state index contributed by atoms with van der Waals surface area (Å²) in [6.07, 6.45) is -1.56. The Morgan fingerprint density at radius 2 is 1.96 bits per heavy atom. The van der Waals surface area contributed by atoms with E-state index >= 15 is 0 Å². The molecular formula is C13H10F3N5O2. The van der Waals surface area contributed by atoms with Crippen LogP contribution in [0.15, 0.2) is 45.8 Å². The zero-order chi connectivity index (χ0) is 16.4. The minimum atomic E-state index is -4.40. The molecule has 3 rings (SSSR count). The number of aromatic nitrogens is 2.